The average molecular weight is 434 g/mol. The third kappa shape index (κ3) is 4.71. The Bertz CT molecular complexity index is 941. The van der Waals surface area contributed by atoms with Crippen molar-refractivity contribution >= 4 is 29.2 Å². The molecule has 1 fully saturated rings. The van der Waals surface area contributed by atoms with Crippen LogP contribution in [0.25, 0.3) is 0 Å². The third-order valence-electron chi connectivity index (χ3n) is 5.33. The zero-order chi connectivity index (χ0) is 20.9. The molecule has 0 spiro atoms. The lowest BCUT2D eigenvalue weighted by atomic mass is 9.92. The Hall–Kier alpha value is -2.30. The minimum absolute atomic E-state index is 0.343. The van der Waals surface area contributed by atoms with E-state index in [1.165, 1.54) is 21.1 Å². The molecule has 30 heavy (non-hydrogen) atoms. The molecule has 0 aliphatic carbocycles. The van der Waals surface area contributed by atoms with E-state index in [0.717, 1.165) is 12.3 Å². The summed E-state index contributed by atoms with van der Waals surface area (Å²) >= 11 is 3.91. The van der Waals surface area contributed by atoms with Crippen molar-refractivity contribution in [2.75, 3.05) is 18.6 Å². The summed E-state index contributed by atoms with van der Waals surface area (Å²) in [6.45, 7) is 5.47. The molecule has 1 atom stereocenters. The van der Waals surface area contributed by atoms with Gasteiger partial charge in [-0.05, 0) is 68.0 Å². The topological polar surface area (TPSA) is 12.5 Å². The van der Waals surface area contributed by atoms with E-state index < -0.39 is 0 Å². The number of thioether (sulfide) groups is 2. The first-order valence-electron chi connectivity index (χ1n) is 10.2. The van der Waals surface area contributed by atoms with Gasteiger partial charge in [-0.25, -0.2) is 0 Å². The lowest BCUT2D eigenvalue weighted by molar-refractivity contribution is 0.414. The molecule has 3 aromatic rings. The smallest absolute Gasteiger partial charge is 0.119 e. The SMILES string of the molecule is COc1ccc(N2CC(=C(C)C)C2C(Sc2ccccc2)Sc2ccccc2)cc1. The lowest BCUT2D eigenvalue weighted by Crippen LogP contribution is -2.55. The van der Waals surface area contributed by atoms with Crippen LogP contribution in [0, 0.1) is 0 Å². The predicted molar refractivity (Wildman–Crippen MR) is 131 cm³/mol. The van der Waals surface area contributed by atoms with Crippen LogP contribution in [0.3, 0.4) is 0 Å². The maximum absolute atomic E-state index is 5.36. The Kier molecular flexibility index (Phi) is 6.76. The molecular formula is C26H27NOS2. The van der Waals surface area contributed by atoms with Crippen LogP contribution in [-0.4, -0.2) is 24.3 Å². The monoisotopic (exact) mass is 433 g/mol. The first-order valence-corrected chi connectivity index (χ1v) is 11.9. The molecule has 1 saturated heterocycles. The van der Waals surface area contributed by atoms with Crippen LogP contribution in [-0.2, 0) is 0 Å². The number of hydrogen-bond donors (Lipinski definition) is 0. The number of benzene rings is 3. The van der Waals surface area contributed by atoms with Gasteiger partial charge in [0.15, 0.2) is 0 Å². The molecule has 0 N–H and O–H groups in total. The molecule has 1 aliphatic heterocycles. The van der Waals surface area contributed by atoms with Crippen LogP contribution in [0.2, 0.25) is 0 Å². The molecule has 0 saturated carbocycles. The molecule has 0 radical (unpaired) electrons. The van der Waals surface area contributed by atoms with Gasteiger partial charge in [-0.15, -0.1) is 23.5 Å². The molecule has 1 aliphatic rings. The highest BCUT2D eigenvalue weighted by Crippen LogP contribution is 2.46. The number of methoxy groups -OCH3 is 1. The first-order chi connectivity index (χ1) is 14.7. The Balaban J connectivity index is 1.67. The molecule has 4 rings (SSSR count). The van der Waals surface area contributed by atoms with Crippen LogP contribution in [0.1, 0.15) is 13.8 Å². The molecule has 1 heterocycles. The minimum Gasteiger partial charge on any atom is -0.497 e. The van der Waals surface area contributed by atoms with Crippen molar-refractivity contribution in [3.63, 3.8) is 0 Å². The van der Waals surface area contributed by atoms with E-state index >= 15 is 0 Å². The Labute approximate surface area is 188 Å². The highest BCUT2D eigenvalue weighted by molar-refractivity contribution is 8.17. The summed E-state index contributed by atoms with van der Waals surface area (Å²) < 4.78 is 5.70. The van der Waals surface area contributed by atoms with Crippen molar-refractivity contribution in [1.29, 1.82) is 0 Å². The Morgan fingerprint density at radius 3 is 1.83 bits per heavy atom. The highest BCUT2D eigenvalue weighted by Gasteiger charge is 2.41. The summed E-state index contributed by atoms with van der Waals surface area (Å²) in [4.78, 5) is 5.14. The van der Waals surface area contributed by atoms with Gasteiger partial charge in [-0.3, -0.25) is 0 Å². The summed E-state index contributed by atoms with van der Waals surface area (Å²) in [5.41, 5.74) is 4.22. The quantitative estimate of drug-likeness (QED) is 0.223. The zero-order valence-electron chi connectivity index (χ0n) is 17.6. The van der Waals surface area contributed by atoms with Gasteiger partial charge in [0.1, 0.15) is 5.75 Å². The van der Waals surface area contributed by atoms with E-state index in [1.54, 1.807) is 12.7 Å². The molecule has 154 valence electrons. The Morgan fingerprint density at radius 2 is 1.37 bits per heavy atom. The summed E-state index contributed by atoms with van der Waals surface area (Å²) in [7, 11) is 1.71. The van der Waals surface area contributed by atoms with Crippen molar-refractivity contribution in [1.82, 2.24) is 0 Å². The standard InChI is InChI=1S/C26H27NOS2/c1-19(2)24-18-27(20-14-16-21(28-3)17-15-20)25(24)26(29-22-10-6-4-7-11-22)30-23-12-8-5-9-13-23/h4-17,25-26H,18H2,1-3H3. The summed E-state index contributed by atoms with van der Waals surface area (Å²) in [6, 6.07) is 30.3. The summed E-state index contributed by atoms with van der Waals surface area (Å²) in [5.74, 6) is 0.895. The van der Waals surface area contributed by atoms with Crippen LogP contribution >= 0.6 is 23.5 Å². The van der Waals surface area contributed by atoms with Gasteiger partial charge in [0.25, 0.3) is 0 Å². The normalized spacial score (nSPS) is 15.8. The van der Waals surface area contributed by atoms with Crippen LogP contribution in [0.5, 0.6) is 5.75 Å². The van der Waals surface area contributed by atoms with E-state index in [4.69, 9.17) is 4.74 Å². The number of hydrogen-bond acceptors (Lipinski definition) is 4. The van der Waals surface area contributed by atoms with Gasteiger partial charge in [0.05, 0.1) is 17.7 Å². The third-order valence-corrected chi connectivity index (χ3v) is 7.97. The second-order valence-electron chi connectivity index (χ2n) is 7.53. The number of allylic oxidation sites excluding steroid dienone is 1. The van der Waals surface area contributed by atoms with E-state index in [2.05, 4.69) is 104 Å². The number of nitrogens with zero attached hydrogens (tertiary/aromatic N) is 1. The van der Waals surface area contributed by atoms with Crippen molar-refractivity contribution in [2.45, 2.75) is 34.3 Å². The number of anilines is 1. The van der Waals surface area contributed by atoms with Gasteiger partial charge in [0, 0.05) is 22.0 Å². The van der Waals surface area contributed by atoms with Crippen molar-refractivity contribution in [3.8, 4) is 5.75 Å². The molecule has 2 nitrogen and oxygen atoms in total. The second-order valence-corrected chi connectivity index (χ2v) is 10.3. The predicted octanol–water partition coefficient (Wildman–Crippen LogP) is 7.13. The molecule has 1 unspecified atom stereocenters. The van der Waals surface area contributed by atoms with Gasteiger partial charge in [-0.1, -0.05) is 42.0 Å². The lowest BCUT2D eigenvalue weighted by Gasteiger charge is -2.49. The van der Waals surface area contributed by atoms with E-state index in [-0.39, 0.29) is 0 Å². The van der Waals surface area contributed by atoms with Gasteiger partial charge < -0.3 is 9.64 Å². The second kappa shape index (κ2) is 9.67. The van der Waals surface area contributed by atoms with E-state index in [1.807, 2.05) is 23.5 Å². The first kappa shape index (κ1) is 21.0. The van der Waals surface area contributed by atoms with E-state index in [9.17, 15) is 0 Å². The fourth-order valence-corrected chi connectivity index (χ4v) is 6.57. The summed E-state index contributed by atoms with van der Waals surface area (Å²) in [6.07, 6.45) is 0. The van der Waals surface area contributed by atoms with Gasteiger partial charge >= 0.3 is 0 Å². The molecule has 4 heteroatoms. The van der Waals surface area contributed by atoms with Gasteiger partial charge in [-0.2, -0.15) is 0 Å². The maximum atomic E-state index is 5.36. The fraction of sp³-hybridized carbons (Fsp3) is 0.231. The Morgan fingerprint density at radius 1 is 0.833 bits per heavy atom. The minimum atomic E-state index is 0.343. The van der Waals surface area contributed by atoms with Gasteiger partial charge in [0.2, 0.25) is 0 Å². The molecule has 3 aromatic carbocycles. The van der Waals surface area contributed by atoms with E-state index in [0.29, 0.717) is 10.6 Å². The zero-order valence-corrected chi connectivity index (χ0v) is 19.2. The highest BCUT2D eigenvalue weighted by atomic mass is 32.2. The maximum Gasteiger partial charge on any atom is 0.119 e. The van der Waals surface area contributed by atoms with Crippen molar-refractivity contribution in [2.24, 2.45) is 0 Å². The van der Waals surface area contributed by atoms with Crippen LogP contribution < -0.4 is 9.64 Å². The molecule has 0 bridgehead atoms. The van der Waals surface area contributed by atoms with Crippen LogP contribution in [0.4, 0.5) is 5.69 Å². The molecular weight excluding hydrogens is 406 g/mol. The summed E-state index contributed by atoms with van der Waals surface area (Å²) in [5, 5.41) is 0. The fourth-order valence-electron chi connectivity index (χ4n) is 3.66. The van der Waals surface area contributed by atoms with Crippen molar-refractivity contribution in [3.05, 3.63) is 96.1 Å². The average Bonchev–Trinajstić information content (AvgIpc) is 2.75. The largest absolute Gasteiger partial charge is 0.497 e. The molecule has 0 aromatic heterocycles. The number of rotatable bonds is 7. The molecule has 0 amide bonds. The number of ether oxygens (including phenoxy) is 1. The van der Waals surface area contributed by atoms with Crippen molar-refractivity contribution < 1.29 is 4.74 Å². The van der Waals surface area contributed by atoms with Crippen LogP contribution in [0.15, 0.2) is 106 Å².